The SMILES string of the molecule is O=C1[C@@H]2[C@H](C(=O)N1c1ccc([N+](=O)[O-])c(C(F)(F)F)c1)[C@@H]1C=C[C@H]2C1. The molecule has 1 heterocycles. The van der Waals surface area contributed by atoms with Gasteiger partial charge in [0, 0.05) is 6.07 Å². The third-order valence-corrected chi connectivity index (χ3v) is 5.21. The number of imide groups is 1. The minimum Gasteiger partial charge on any atom is -0.274 e. The molecule has 1 aliphatic heterocycles. The second kappa shape index (κ2) is 4.90. The van der Waals surface area contributed by atoms with Crippen LogP contribution in [0.25, 0.3) is 0 Å². The summed E-state index contributed by atoms with van der Waals surface area (Å²) in [6, 6.07) is 2.20. The van der Waals surface area contributed by atoms with E-state index in [4.69, 9.17) is 0 Å². The highest BCUT2D eigenvalue weighted by molar-refractivity contribution is 6.22. The van der Waals surface area contributed by atoms with Crippen molar-refractivity contribution >= 4 is 23.2 Å². The number of halogens is 3. The van der Waals surface area contributed by atoms with Gasteiger partial charge >= 0.3 is 6.18 Å². The van der Waals surface area contributed by atoms with Crippen molar-refractivity contribution < 1.29 is 27.7 Å². The largest absolute Gasteiger partial charge is 0.423 e. The summed E-state index contributed by atoms with van der Waals surface area (Å²) in [5.74, 6) is -2.31. The fourth-order valence-corrected chi connectivity index (χ4v) is 4.21. The molecule has 0 N–H and O–H groups in total. The smallest absolute Gasteiger partial charge is 0.274 e. The summed E-state index contributed by atoms with van der Waals surface area (Å²) < 4.78 is 39.4. The van der Waals surface area contributed by atoms with Crippen LogP contribution >= 0.6 is 0 Å². The van der Waals surface area contributed by atoms with Crippen LogP contribution in [0.4, 0.5) is 24.5 Å². The lowest BCUT2D eigenvalue weighted by atomic mass is 9.85. The Labute approximate surface area is 139 Å². The molecule has 4 atom stereocenters. The average molecular weight is 352 g/mol. The number of benzene rings is 1. The van der Waals surface area contributed by atoms with Gasteiger partial charge in [0.1, 0.15) is 5.56 Å². The quantitative estimate of drug-likeness (QED) is 0.355. The van der Waals surface area contributed by atoms with Crippen LogP contribution in [0.1, 0.15) is 12.0 Å². The van der Waals surface area contributed by atoms with E-state index in [9.17, 15) is 32.9 Å². The molecule has 2 amide bonds. The number of alkyl halides is 3. The highest BCUT2D eigenvalue weighted by Crippen LogP contribution is 2.53. The number of anilines is 1. The van der Waals surface area contributed by atoms with Gasteiger partial charge in [0.15, 0.2) is 0 Å². The lowest BCUT2D eigenvalue weighted by molar-refractivity contribution is -0.388. The lowest BCUT2D eigenvalue weighted by Gasteiger charge is -2.18. The Morgan fingerprint density at radius 3 is 2.12 bits per heavy atom. The van der Waals surface area contributed by atoms with Crippen molar-refractivity contribution in [3.63, 3.8) is 0 Å². The van der Waals surface area contributed by atoms with Gasteiger partial charge in [0.25, 0.3) is 5.69 Å². The van der Waals surface area contributed by atoms with E-state index in [1.807, 2.05) is 12.2 Å². The van der Waals surface area contributed by atoms with E-state index in [1.54, 1.807) is 0 Å². The standard InChI is InChI=1S/C16H11F3N2O4/c17-16(18,19)10-6-9(3-4-11(10)21(24)25)20-14(22)12-7-1-2-8(5-7)13(12)15(20)23/h1-4,6-8,12-13H,5H2/t7-,8+,12-,13+. The molecule has 0 aromatic heterocycles. The maximum Gasteiger partial charge on any atom is 0.423 e. The van der Waals surface area contributed by atoms with E-state index in [-0.39, 0.29) is 17.5 Å². The van der Waals surface area contributed by atoms with E-state index in [1.165, 1.54) is 0 Å². The van der Waals surface area contributed by atoms with Gasteiger partial charge in [-0.3, -0.25) is 19.7 Å². The van der Waals surface area contributed by atoms with Gasteiger partial charge in [0.05, 0.1) is 22.4 Å². The number of hydrogen-bond acceptors (Lipinski definition) is 4. The number of fused-ring (bicyclic) bond motifs is 5. The van der Waals surface area contributed by atoms with Gasteiger partial charge in [-0.15, -0.1) is 0 Å². The molecule has 9 heteroatoms. The van der Waals surface area contributed by atoms with Crippen LogP contribution in [0.2, 0.25) is 0 Å². The van der Waals surface area contributed by atoms with E-state index in [0.29, 0.717) is 18.6 Å². The van der Waals surface area contributed by atoms with Crippen molar-refractivity contribution in [1.29, 1.82) is 0 Å². The van der Waals surface area contributed by atoms with Crippen molar-refractivity contribution in [3.05, 3.63) is 46.0 Å². The maximum absolute atomic E-state index is 13.1. The summed E-state index contributed by atoms with van der Waals surface area (Å²) in [7, 11) is 0. The van der Waals surface area contributed by atoms with Gasteiger partial charge in [-0.1, -0.05) is 12.2 Å². The van der Waals surface area contributed by atoms with Gasteiger partial charge in [-0.2, -0.15) is 13.2 Å². The first-order valence-corrected chi connectivity index (χ1v) is 7.62. The number of nitro benzene ring substituents is 1. The molecule has 1 aromatic rings. The number of nitrogens with zero attached hydrogens (tertiary/aromatic N) is 2. The maximum atomic E-state index is 13.1. The second-order valence-corrected chi connectivity index (χ2v) is 6.47. The topological polar surface area (TPSA) is 80.5 Å². The van der Waals surface area contributed by atoms with Crippen LogP contribution in [-0.2, 0) is 15.8 Å². The van der Waals surface area contributed by atoms with Crippen LogP contribution in [0.5, 0.6) is 0 Å². The first-order chi connectivity index (χ1) is 11.7. The molecule has 0 radical (unpaired) electrons. The molecule has 1 saturated heterocycles. The molecule has 2 aliphatic carbocycles. The van der Waals surface area contributed by atoms with E-state index in [0.717, 1.165) is 11.0 Å². The molecule has 0 unspecified atom stereocenters. The molecular formula is C16H11F3N2O4. The number of carbonyl (C=O) groups excluding carboxylic acids is 2. The third-order valence-electron chi connectivity index (χ3n) is 5.21. The van der Waals surface area contributed by atoms with E-state index >= 15 is 0 Å². The van der Waals surface area contributed by atoms with Crippen LogP contribution in [0.15, 0.2) is 30.4 Å². The Morgan fingerprint density at radius 1 is 1.08 bits per heavy atom. The monoisotopic (exact) mass is 352 g/mol. The molecule has 130 valence electrons. The summed E-state index contributed by atoms with van der Waals surface area (Å²) in [5, 5.41) is 10.8. The van der Waals surface area contributed by atoms with Gasteiger partial charge in [-0.05, 0) is 30.4 Å². The molecule has 2 bridgehead atoms. The number of amides is 2. The van der Waals surface area contributed by atoms with Crippen LogP contribution < -0.4 is 4.90 Å². The van der Waals surface area contributed by atoms with Crippen LogP contribution in [0.3, 0.4) is 0 Å². The van der Waals surface area contributed by atoms with Crippen LogP contribution in [-0.4, -0.2) is 16.7 Å². The molecule has 6 nitrogen and oxygen atoms in total. The lowest BCUT2D eigenvalue weighted by Crippen LogP contribution is -2.33. The van der Waals surface area contributed by atoms with Gasteiger partial charge < -0.3 is 0 Å². The summed E-state index contributed by atoms with van der Waals surface area (Å²) in [6.07, 6.45) is -0.523. The Morgan fingerprint density at radius 2 is 1.64 bits per heavy atom. The van der Waals surface area contributed by atoms with E-state index < -0.39 is 46.0 Å². The zero-order valence-electron chi connectivity index (χ0n) is 12.6. The molecule has 2 fully saturated rings. The number of nitro groups is 1. The molecule has 1 aromatic carbocycles. The zero-order valence-corrected chi connectivity index (χ0v) is 12.6. The van der Waals surface area contributed by atoms with Crippen molar-refractivity contribution in [1.82, 2.24) is 0 Å². The number of carbonyl (C=O) groups is 2. The highest BCUT2D eigenvalue weighted by atomic mass is 19.4. The number of rotatable bonds is 2. The first-order valence-electron chi connectivity index (χ1n) is 7.62. The van der Waals surface area contributed by atoms with Crippen LogP contribution in [0, 0.1) is 33.8 Å². The Balaban J connectivity index is 1.77. The minimum atomic E-state index is -4.97. The predicted molar refractivity (Wildman–Crippen MR) is 78.3 cm³/mol. The number of hydrogen-bond donors (Lipinski definition) is 0. The summed E-state index contributed by atoms with van der Waals surface area (Å²) in [6.45, 7) is 0. The van der Waals surface area contributed by atoms with Crippen molar-refractivity contribution in [3.8, 4) is 0 Å². The number of allylic oxidation sites excluding steroid dienone is 2. The third kappa shape index (κ3) is 2.11. The van der Waals surface area contributed by atoms with Gasteiger partial charge in [-0.25, -0.2) is 4.90 Å². The van der Waals surface area contributed by atoms with Crippen molar-refractivity contribution in [2.75, 3.05) is 4.90 Å². The highest BCUT2D eigenvalue weighted by Gasteiger charge is 2.59. The van der Waals surface area contributed by atoms with Crippen molar-refractivity contribution in [2.45, 2.75) is 12.6 Å². The average Bonchev–Trinajstić information content (AvgIpc) is 3.20. The summed E-state index contributed by atoms with van der Waals surface area (Å²) >= 11 is 0. The molecule has 3 aliphatic rings. The molecule has 4 rings (SSSR count). The van der Waals surface area contributed by atoms with E-state index in [2.05, 4.69) is 0 Å². The predicted octanol–water partition coefficient (Wildman–Crippen LogP) is 2.93. The second-order valence-electron chi connectivity index (χ2n) is 6.47. The fraction of sp³-hybridized carbons (Fsp3) is 0.375. The molecular weight excluding hydrogens is 341 g/mol. The Kier molecular flexibility index (Phi) is 3.10. The Hall–Kier alpha value is -2.71. The molecule has 25 heavy (non-hydrogen) atoms. The normalized spacial score (nSPS) is 30.3. The summed E-state index contributed by atoms with van der Waals surface area (Å²) in [5.41, 5.74) is -2.87. The molecule has 1 saturated carbocycles. The van der Waals surface area contributed by atoms with Gasteiger partial charge in [0.2, 0.25) is 11.8 Å². The Bertz CT molecular complexity index is 818. The first kappa shape index (κ1) is 15.8. The fourth-order valence-electron chi connectivity index (χ4n) is 4.21. The summed E-state index contributed by atoms with van der Waals surface area (Å²) in [4.78, 5) is 35.7. The minimum absolute atomic E-state index is 0.0726. The zero-order chi connectivity index (χ0) is 18.1. The molecule has 0 spiro atoms. The van der Waals surface area contributed by atoms with Crippen molar-refractivity contribution in [2.24, 2.45) is 23.7 Å².